The van der Waals surface area contributed by atoms with Crippen LogP contribution in [0.1, 0.15) is 51.4 Å². The number of imide groups is 1. The molecule has 2 amide bonds. The number of anilines is 1. The molecular formula is C33H25NO4. The van der Waals surface area contributed by atoms with Crippen molar-refractivity contribution in [3.8, 4) is 5.75 Å². The highest BCUT2D eigenvalue weighted by atomic mass is 16.5. The number of carbonyl (C=O) groups is 3. The lowest BCUT2D eigenvalue weighted by Gasteiger charge is -2.45. The third-order valence-electron chi connectivity index (χ3n) is 8.29. The van der Waals surface area contributed by atoms with E-state index in [0.29, 0.717) is 17.0 Å². The Labute approximate surface area is 220 Å². The van der Waals surface area contributed by atoms with Gasteiger partial charge >= 0.3 is 0 Å². The average Bonchev–Trinajstić information content (AvgIpc) is 3.23. The first-order valence-corrected chi connectivity index (χ1v) is 13.0. The van der Waals surface area contributed by atoms with E-state index in [4.69, 9.17) is 4.74 Å². The van der Waals surface area contributed by atoms with E-state index in [0.717, 1.165) is 22.3 Å². The number of amides is 2. The third kappa shape index (κ3) is 3.14. The number of hydrogen-bond donors (Lipinski definition) is 0. The second-order valence-electron chi connectivity index (χ2n) is 10.2. The molecule has 186 valence electrons. The highest BCUT2D eigenvalue weighted by Crippen LogP contribution is 2.61. The van der Waals surface area contributed by atoms with Crippen molar-refractivity contribution >= 4 is 23.3 Å². The molecule has 5 heteroatoms. The molecule has 38 heavy (non-hydrogen) atoms. The van der Waals surface area contributed by atoms with Crippen LogP contribution in [-0.2, 0) is 9.59 Å². The molecule has 0 saturated carbocycles. The van der Waals surface area contributed by atoms with E-state index in [2.05, 4.69) is 24.3 Å². The smallest absolute Gasteiger partial charge is 0.238 e. The summed E-state index contributed by atoms with van der Waals surface area (Å²) in [6.07, 6.45) is -0.793. The van der Waals surface area contributed by atoms with Gasteiger partial charge in [-0.2, -0.15) is 0 Å². The minimum Gasteiger partial charge on any atom is -0.480 e. The third-order valence-corrected chi connectivity index (χ3v) is 8.29. The minimum absolute atomic E-state index is 0.169. The first-order valence-electron chi connectivity index (χ1n) is 13.0. The summed E-state index contributed by atoms with van der Waals surface area (Å²) in [5.74, 6) is -1.56. The minimum atomic E-state index is -0.793. The number of para-hydroxylation sites is 2. The normalized spacial score (nSPS) is 23.4. The molecule has 3 atom stereocenters. The van der Waals surface area contributed by atoms with Gasteiger partial charge in [-0.25, -0.2) is 4.90 Å². The van der Waals surface area contributed by atoms with Crippen molar-refractivity contribution < 1.29 is 19.1 Å². The van der Waals surface area contributed by atoms with Crippen molar-refractivity contribution in [2.75, 3.05) is 4.90 Å². The summed E-state index contributed by atoms with van der Waals surface area (Å²) in [6.45, 7) is 1.69. The number of ketones is 1. The topological polar surface area (TPSA) is 63.7 Å². The van der Waals surface area contributed by atoms with Crippen molar-refractivity contribution in [2.24, 2.45) is 11.8 Å². The predicted molar refractivity (Wildman–Crippen MR) is 143 cm³/mol. The van der Waals surface area contributed by atoms with Gasteiger partial charge in [-0.3, -0.25) is 14.4 Å². The SMILES string of the molecule is C[C@H](Oc1ccccc1N1C(=O)[C@H]2C3c4ccccc4C(c4ccccc43)[C@@H]2C1=O)C(=O)c1ccccc1. The highest BCUT2D eigenvalue weighted by Gasteiger charge is 2.62. The first-order chi connectivity index (χ1) is 18.6. The Balaban J connectivity index is 1.28. The second kappa shape index (κ2) is 8.52. The van der Waals surface area contributed by atoms with Crippen molar-refractivity contribution in [3.63, 3.8) is 0 Å². The molecule has 1 saturated heterocycles. The number of hydrogen-bond acceptors (Lipinski definition) is 4. The van der Waals surface area contributed by atoms with Gasteiger partial charge in [0.25, 0.3) is 0 Å². The zero-order valence-corrected chi connectivity index (χ0v) is 20.8. The Hall–Kier alpha value is -4.51. The van der Waals surface area contributed by atoms with E-state index in [1.54, 1.807) is 43.3 Å². The monoisotopic (exact) mass is 499 g/mol. The van der Waals surface area contributed by atoms with Gasteiger partial charge in [0.05, 0.1) is 17.5 Å². The summed E-state index contributed by atoms with van der Waals surface area (Å²) in [5, 5.41) is 0. The van der Waals surface area contributed by atoms with Crippen molar-refractivity contribution in [1.29, 1.82) is 0 Å². The van der Waals surface area contributed by atoms with E-state index in [1.165, 1.54) is 4.90 Å². The summed E-state index contributed by atoms with van der Waals surface area (Å²) in [4.78, 5) is 42.6. The molecule has 4 aromatic rings. The van der Waals surface area contributed by atoms with Crippen LogP contribution in [-0.4, -0.2) is 23.7 Å². The Bertz CT molecular complexity index is 1490. The van der Waals surface area contributed by atoms with Crippen molar-refractivity contribution in [1.82, 2.24) is 0 Å². The van der Waals surface area contributed by atoms with E-state index in [9.17, 15) is 14.4 Å². The summed E-state index contributed by atoms with van der Waals surface area (Å²) in [7, 11) is 0. The fourth-order valence-electron chi connectivity index (χ4n) is 6.74. The van der Waals surface area contributed by atoms with Crippen LogP contribution in [0.25, 0.3) is 0 Å². The van der Waals surface area contributed by atoms with Crippen LogP contribution in [0.5, 0.6) is 5.75 Å². The van der Waals surface area contributed by atoms with Gasteiger partial charge in [0, 0.05) is 17.4 Å². The molecule has 1 fully saturated rings. The molecule has 4 aromatic carbocycles. The molecule has 5 nitrogen and oxygen atoms in total. The summed E-state index contributed by atoms with van der Waals surface area (Å²) < 4.78 is 6.12. The van der Waals surface area contributed by atoms with Gasteiger partial charge in [-0.1, -0.05) is 91.0 Å². The van der Waals surface area contributed by atoms with Gasteiger partial charge in [0.1, 0.15) is 5.75 Å². The number of Topliss-reactive ketones (excluding diaryl/α,β-unsaturated/α-hetero) is 1. The van der Waals surface area contributed by atoms with Crippen LogP contribution >= 0.6 is 0 Å². The van der Waals surface area contributed by atoms with Crippen molar-refractivity contribution in [2.45, 2.75) is 24.9 Å². The van der Waals surface area contributed by atoms with E-state index >= 15 is 0 Å². The largest absolute Gasteiger partial charge is 0.480 e. The molecule has 2 bridgehead atoms. The van der Waals surface area contributed by atoms with E-state index in [1.807, 2.05) is 42.5 Å². The average molecular weight is 500 g/mol. The lowest BCUT2D eigenvalue weighted by molar-refractivity contribution is -0.122. The van der Waals surface area contributed by atoms with Crippen LogP contribution in [0.4, 0.5) is 5.69 Å². The molecular weight excluding hydrogens is 474 g/mol. The van der Waals surface area contributed by atoms with Crippen LogP contribution in [0.3, 0.4) is 0 Å². The Morgan fingerprint density at radius 2 is 1.11 bits per heavy atom. The number of ether oxygens (including phenoxy) is 1. The predicted octanol–water partition coefficient (Wildman–Crippen LogP) is 5.73. The highest BCUT2D eigenvalue weighted by molar-refractivity contribution is 6.24. The van der Waals surface area contributed by atoms with Gasteiger partial charge in [-0.15, -0.1) is 0 Å². The fraction of sp³-hybridized carbons (Fsp3) is 0.182. The molecule has 0 aromatic heterocycles. The summed E-state index contributed by atoms with van der Waals surface area (Å²) in [5.41, 5.74) is 5.46. The lowest BCUT2D eigenvalue weighted by Crippen LogP contribution is -2.41. The molecule has 4 aliphatic rings. The Morgan fingerprint density at radius 1 is 0.658 bits per heavy atom. The van der Waals surface area contributed by atoms with Crippen LogP contribution in [0, 0.1) is 11.8 Å². The number of carbonyl (C=O) groups excluding carboxylic acids is 3. The summed E-state index contributed by atoms with van der Waals surface area (Å²) >= 11 is 0. The summed E-state index contributed by atoms with van der Waals surface area (Å²) in [6, 6.07) is 32.3. The zero-order valence-electron chi connectivity index (χ0n) is 20.8. The quantitative estimate of drug-likeness (QED) is 0.260. The molecule has 3 aliphatic carbocycles. The fourth-order valence-corrected chi connectivity index (χ4v) is 6.74. The van der Waals surface area contributed by atoms with Crippen LogP contribution < -0.4 is 9.64 Å². The molecule has 8 rings (SSSR count). The van der Waals surface area contributed by atoms with Crippen molar-refractivity contribution in [3.05, 3.63) is 131 Å². The zero-order chi connectivity index (χ0) is 26.0. The van der Waals surface area contributed by atoms with Gasteiger partial charge < -0.3 is 4.74 Å². The van der Waals surface area contributed by atoms with Crippen LogP contribution in [0.15, 0.2) is 103 Å². The standard InChI is InChI=1S/C33H25NO4/c1-19(31(35)20-11-3-2-4-12-20)38-26-18-10-9-17-25(26)34-32(36)29-27-21-13-5-6-14-22(21)28(30(29)33(34)37)24-16-8-7-15-23(24)27/h2-19,27-30H,1H3/t19-,27?,28?,29-,30-/m0/s1. The molecule has 0 N–H and O–H groups in total. The van der Waals surface area contributed by atoms with E-state index in [-0.39, 0.29) is 29.4 Å². The molecule has 0 spiro atoms. The van der Waals surface area contributed by atoms with Gasteiger partial charge in [0.2, 0.25) is 17.6 Å². The molecule has 1 aliphatic heterocycles. The molecule has 1 heterocycles. The first kappa shape index (κ1) is 22.7. The maximum absolute atomic E-state index is 14.1. The van der Waals surface area contributed by atoms with Gasteiger partial charge in [-0.05, 0) is 41.3 Å². The molecule has 0 unspecified atom stereocenters. The maximum Gasteiger partial charge on any atom is 0.238 e. The Kier molecular flexibility index (Phi) is 5.08. The van der Waals surface area contributed by atoms with Gasteiger partial charge in [0.15, 0.2) is 6.10 Å². The maximum atomic E-state index is 14.1. The Morgan fingerprint density at radius 3 is 1.63 bits per heavy atom. The molecule has 0 radical (unpaired) electrons. The van der Waals surface area contributed by atoms with Crippen LogP contribution in [0.2, 0.25) is 0 Å². The number of rotatable bonds is 5. The number of benzene rings is 4. The lowest BCUT2D eigenvalue weighted by atomic mass is 9.55. The number of nitrogens with zero attached hydrogens (tertiary/aromatic N) is 1. The second-order valence-corrected chi connectivity index (χ2v) is 10.2. The van der Waals surface area contributed by atoms with E-state index < -0.39 is 17.9 Å².